The number of hydrogen-bond acceptors (Lipinski definition) is 0. The summed E-state index contributed by atoms with van der Waals surface area (Å²) in [6.07, 6.45) is 0. The van der Waals surface area contributed by atoms with Crippen molar-refractivity contribution >= 4 is 31.2 Å². The fourth-order valence-corrected chi connectivity index (χ4v) is 9.80. The molecule has 0 aromatic heterocycles. The van der Waals surface area contributed by atoms with E-state index in [0.29, 0.717) is 26.9 Å². The molecule has 1 aromatic rings. The van der Waals surface area contributed by atoms with Crippen LogP contribution in [0.15, 0.2) is 40.3 Å². The minimum absolute atomic E-state index is 0. The van der Waals surface area contributed by atoms with Gasteiger partial charge >= 0.3 is 88.1 Å². The summed E-state index contributed by atoms with van der Waals surface area (Å²) in [5, 5.41) is 0. The van der Waals surface area contributed by atoms with E-state index in [2.05, 4.69) is 20.8 Å². The van der Waals surface area contributed by atoms with Crippen LogP contribution in [-0.4, -0.2) is 31.2 Å². The largest absolute Gasteiger partial charge is 3.00 e. The Morgan fingerprint density at radius 3 is 1.62 bits per heavy atom. The van der Waals surface area contributed by atoms with E-state index < -0.39 is 0 Å². The number of halogens is 2. The van der Waals surface area contributed by atoms with Crippen molar-refractivity contribution in [2.75, 3.05) is 0 Å². The predicted octanol–water partition coefficient (Wildman–Crippen LogP) is -3.78. The molecule has 0 atom stereocenters. The Labute approximate surface area is 142 Å². The predicted molar refractivity (Wildman–Crippen MR) is 62.6 cm³/mol. The molecule has 1 aliphatic heterocycles. The van der Waals surface area contributed by atoms with Crippen LogP contribution in [0.4, 0.5) is 0 Å². The summed E-state index contributed by atoms with van der Waals surface area (Å²) in [5.41, 5.74) is 1.63. The molecule has 16 heavy (non-hydrogen) atoms. The first kappa shape index (κ1) is 22.7. The molecule has 2 radical (unpaired) electrons. The molecule has 1 aliphatic rings. The summed E-state index contributed by atoms with van der Waals surface area (Å²) < 4.78 is 3.44. The summed E-state index contributed by atoms with van der Waals surface area (Å²) >= 11 is 1.33. The molecule has 0 amide bonds. The molecular formula is C11H14As2Cl2Zr. The van der Waals surface area contributed by atoms with E-state index in [0.717, 1.165) is 0 Å². The third-order valence-corrected chi connectivity index (χ3v) is 12.5. The Bertz CT molecular complexity index is 296. The maximum absolute atomic E-state index is 2.29. The van der Waals surface area contributed by atoms with E-state index in [9.17, 15) is 0 Å². The molecule has 0 aliphatic carbocycles. The molecule has 2 rings (SSSR count). The molecule has 5 heteroatoms. The second-order valence-corrected chi connectivity index (χ2v) is 11.0. The average molecular weight is 458 g/mol. The summed E-state index contributed by atoms with van der Waals surface area (Å²) in [4.78, 5) is 0. The first-order chi connectivity index (χ1) is 6.22. The van der Waals surface area contributed by atoms with Gasteiger partial charge in [0.05, 0.1) is 0 Å². The molecule has 0 saturated carbocycles. The first-order valence-corrected chi connectivity index (χ1v) is 11.4. The second kappa shape index (κ2) is 13.0. The van der Waals surface area contributed by atoms with E-state index >= 15 is 0 Å². The van der Waals surface area contributed by atoms with Crippen LogP contribution in [0.1, 0.15) is 20.8 Å². The van der Waals surface area contributed by atoms with Crippen LogP contribution in [0, 0.1) is 0 Å². The van der Waals surface area contributed by atoms with Gasteiger partial charge in [0.2, 0.25) is 0 Å². The minimum Gasteiger partial charge on any atom is -1.00 e. The molecule has 0 N–H and O–H groups in total. The molecular weight excluding hydrogens is 444 g/mol. The summed E-state index contributed by atoms with van der Waals surface area (Å²) in [6.45, 7) is 6.85. The van der Waals surface area contributed by atoms with Gasteiger partial charge in [-0.15, -0.1) is 0 Å². The fraction of sp³-hybridized carbons (Fsp3) is 0.273. The molecule has 1 aromatic carbocycles. The van der Waals surface area contributed by atoms with Crippen molar-refractivity contribution in [1.82, 2.24) is 0 Å². The van der Waals surface area contributed by atoms with Crippen LogP contribution < -0.4 is 24.8 Å². The summed E-state index contributed by atoms with van der Waals surface area (Å²) in [6, 6.07) is 10.0. The van der Waals surface area contributed by atoms with E-state index in [1.165, 1.54) is 0 Å². The van der Waals surface area contributed by atoms with Crippen molar-refractivity contribution < 1.29 is 51.0 Å². The zero-order valence-corrected chi connectivity index (χ0v) is 17.3. The summed E-state index contributed by atoms with van der Waals surface area (Å²) in [5.74, 6) is 0. The molecule has 1 heterocycles. The molecule has 0 saturated heterocycles. The van der Waals surface area contributed by atoms with Crippen molar-refractivity contribution in [2.24, 2.45) is 0 Å². The SMILES string of the molecule is CC1=[As][As]C(C)=C1C.[Cl-].[Cl-].[Zr+3].c1cc[cH-]c1. The Morgan fingerprint density at radius 1 is 1.00 bits per heavy atom. The van der Waals surface area contributed by atoms with E-state index in [-0.39, 0.29) is 51.0 Å². The van der Waals surface area contributed by atoms with Gasteiger partial charge in [0.1, 0.15) is 0 Å². The van der Waals surface area contributed by atoms with Gasteiger partial charge in [-0.3, -0.25) is 0 Å². The third kappa shape index (κ3) is 8.60. The second-order valence-electron chi connectivity index (χ2n) is 2.96. The van der Waals surface area contributed by atoms with E-state index in [1.54, 1.807) is 14.2 Å². The standard InChI is InChI=1S/C6H9As2.C5H5.2ClH.Zr/c1-4-5(2)7-8-6(4)3;1-2-4-5-3-1;;;/h1-3H3;1-5H;2*1H;/q;-1;;;+3/p-2. The van der Waals surface area contributed by atoms with E-state index in [1.807, 2.05) is 30.3 Å². The minimum atomic E-state index is 0. The van der Waals surface area contributed by atoms with Gasteiger partial charge in [0.25, 0.3) is 0 Å². The third-order valence-electron chi connectivity index (χ3n) is 1.99. The van der Waals surface area contributed by atoms with Crippen LogP contribution in [-0.2, 0) is 26.2 Å². The molecule has 0 unspecified atom stereocenters. The maximum Gasteiger partial charge on any atom is 3.00 e. The van der Waals surface area contributed by atoms with Crippen LogP contribution in [0.2, 0.25) is 0 Å². The van der Waals surface area contributed by atoms with Crippen molar-refractivity contribution in [1.29, 1.82) is 0 Å². The van der Waals surface area contributed by atoms with Crippen LogP contribution in [0.3, 0.4) is 0 Å². The van der Waals surface area contributed by atoms with Crippen molar-refractivity contribution in [3.8, 4) is 0 Å². The number of allylic oxidation sites excluding steroid dienone is 2. The zero-order chi connectivity index (χ0) is 9.68. The Kier molecular flexibility index (Phi) is 18.4. The van der Waals surface area contributed by atoms with Gasteiger partial charge in [-0.2, -0.15) is 18.2 Å². The van der Waals surface area contributed by atoms with Crippen molar-refractivity contribution in [3.63, 3.8) is 0 Å². The molecule has 0 nitrogen and oxygen atoms in total. The maximum atomic E-state index is 2.29. The first-order valence-electron chi connectivity index (χ1n) is 4.31. The van der Waals surface area contributed by atoms with Gasteiger partial charge in [-0.1, -0.05) is 0 Å². The quantitative estimate of drug-likeness (QED) is 0.277. The van der Waals surface area contributed by atoms with Crippen LogP contribution in [0.5, 0.6) is 0 Å². The van der Waals surface area contributed by atoms with Gasteiger partial charge in [-0.25, -0.2) is 12.1 Å². The van der Waals surface area contributed by atoms with Crippen LogP contribution >= 0.6 is 0 Å². The van der Waals surface area contributed by atoms with Gasteiger partial charge < -0.3 is 24.8 Å². The summed E-state index contributed by atoms with van der Waals surface area (Å²) in [7, 11) is 0. The van der Waals surface area contributed by atoms with Crippen molar-refractivity contribution in [3.05, 3.63) is 40.3 Å². The van der Waals surface area contributed by atoms with Crippen molar-refractivity contribution in [2.45, 2.75) is 20.8 Å². The zero-order valence-electron chi connectivity index (χ0n) is 9.54. The van der Waals surface area contributed by atoms with Crippen LogP contribution in [0.25, 0.3) is 0 Å². The molecule has 0 bridgehead atoms. The van der Waals surface area contributed by atoms with Gasteiger partial charge in [0.15, 0.2) is 0 Å². The smallest absolute Gasteiger partial charge is 1.00 e. The molecule has 0 fully saturated rings. The normalized spacial score (nSPS) is 14.8. The van der Waals surface area contributed by atoms with E-state index in [4.69, 9.17) is 0 Å². The fourth-order valence-electron chi connectivity index (χ4n) is 0.883. The molecule has 86 valence electrons. The molecule has 0 spiro atoms. The Morgan fingerprint density at radius 2 is 1.50 bits per heavy atom. The Balaban J connectivity index is -0.000000189. The topological polar surface area (TPSA) is 0 Å². The number of rotatable bonds is 0. The number of hydrogen-bond donors (Lipinski definition) is 0. The average Bonchev–Trinajstić information content (AvgIpc) is 2.75. The Hall–Kier alpha value is 1.54. The van der Waals surface area contributed by atoms with Gasteiger partial charge in [0, 0.05) is 0 Å². The van der Waals surface area contributed by atoms with Gasteiger partial charge in [-0.05, 0) is 0 Å². The monoisotopic (exact) mass is 456 g/mol.